The van der Waals surface area contributed by atoms with E-state index in [1.54, 1.807) is 0 Å². The zero-order valence-electron chi connectivity index (χ0n) is 10.7. The van der Waals surface area contributed by atoms with Gasteiger partial charge in [-0.25, -0.2) is 8.78 Å². The first-order valence-electron chi connectivity index (χ1n) is 6.69. The quantitative estimate of drug-likeness (QED) is 0.804. The molecule has 0 aliphatic heterocycles. The van der Waals surface area contributed by atoms with Gasteiger partial charge in [-0.3, -0.25) is 0 Å². The van der Waals surface area contributed by atoms with E-state index in [1.165, 1.54) is 18.9 Å². The molecule has 102 valence electrons. The Balaban J connectivity index is 2.15. The van der Waals surface area contributed by atoms with E-state index in [0.717, 1.165) is 24.8 Å². The highest BCUT2D eigenvalue weighted by Gasteiger charge is 2.27. The zero-order chi connectivity index (χ0) is 13.6. The van der Waals surface area contributed by atoms with Crippen molar-refractivity contribution in [2.24, 2.45) is 5.92 Å². The molecule has 3 rings (SSSR count). The third-order valence-electron chi connectivity index (χ3n) is 3.88. The highest BCUT2D eigenvalue weighted by molar-refractivity contribution is 7.71. The fraction of sp³-hybridized carbons (Fsp3) is 0.500. The van der Waals surface area contributed by atoms with Crippen LogP contribution >= 0.6 is 12.2 Å². The van der Waals surface area contributed by atoms with Crippen LogP contribution in [0, 0.1) is 22.3 Å². The van der Waals surface area contributed by atoms with Crippen LogP contribution in [0.25, 0.3) is 11.0 Å². The number of hydrogen-bond acceptors (Lipinski definition) is 1. The highest BCUT2D eigenvalue weighted by atomic mass is 32.1. The number of nitrogens with one attached hydrogen (secondary N) is 1. The summed E-state index contributed by atoms with van der Waals surface area (Å²) in [5.74, 6) is -0.398. The third-order valence-corrected chi connectivity index (χ3v) is 4.18. The lowest BCUT2D eigenvalue weighted by atomic mass is 10.1. The average molecular weight is 282 g/mol. The number of nitrogens with zero attached hydrogens (tertiary/aromatic N) is 1. The normalized spacial score (nSPS) is 17.0. The van der Waals surface area contributed by atoms with Crippen molar-refractivity contribution >= 4 is 23.3 Å². The number of benzene rings is 1. The number of fused-ring (bicyclic) bond motifs is 1. The minimum atomic E-state index is -0.582. The van der Waals surface area contributed by atoms with Gasteiger partial charge in [-0.05, 0) is 37.0 Å². The number of imidazole rings is 1. The van der Waals surface area contributed by atoms with E-state index >= 15 is 0 Å². The molecule has 1 aromatic heterocycles. The van der Waals surface area contributed by atoms with Crippen molar-refractivity contribution in [2.75, 3.05) is 0 Å². The number of aromatic nitrogens is 2. The molecule has 1 atom stereocenters. The van der Waals surface area contributed by atoms with Gasteiger partial charge in [0.05, 0.1) is 5.52 Å². The van der Waals surface area contributed by atoms with Gasteiger partial charge in [0.25, 0.3) is 0 Å². The minimum Gasteiger partial charge on any atom is -0.328 e. The van der Waals surface area contributed by atoms with Gasteiger partial charge in [-0.1, -0.05) is 19.8 Å². The van der Waals surface area contributed by atoms with E-state index in [1.807, 2.05) is 4.57 Å². The van der Waals surface area contributed by atoms with Crippen LogP contribution in [-0.4, -0.2) is 9.55 Å². The molecule has 1 N–H and O–H groups in total. The molecule has 2 nitrogen and oxygen atoms in total. The first-order chi connectivity index (χ1) is 9.10. The molecule has 1 saturated carbocycles. The molecule has 1 unspecified atom stereocenters. The SMILES string of the molecule is CCC(CC1CC1)n1c(=S)[nH]c2c(F)cc(F)cc21. The number of H-pyrrole nitrogens is 1. The summed E-state index contributed by atoms with van der Waals surface area (Å²) in [6.45, 7) is 2.09. The monoisotopic (exact) mass is 282 g/mol. The summed E-state index contributed by atoms with van der Waals surface area (Å²) in [6.07, 6.45) is 4.47. The smallest absolute Gasteiger partial charge is 0.178 e. The van der Waals surface area contributed by atoms with Crippen LogP contribution in [0.2, 0.25) is 0 Å². The van der Waals surface area contributed by atoms with Crippen LogP contribution in [0.4, 0.5) is 8.78 Å². The second kappa shape index (κ2) is 4.71. The third kappa shape index (κ3) is 2.31. The molecule has 5 heteroatoms. The number of hydrogen-bond donors (Lipinski definition) is 1. The van der Waals surface area contributed by atoms with E-state index in [0.29, 0.717) is 15.8 Å². The zero-order valence-corrected chi connectivity index (χ0v) is 11.6. The van der Waals surface area contributed by atoms with Crippen molar-refractivity contribution in [2.45, 2.75) is 38.6 Å². The summed E-state index contributed by atoms with van der Waals surface area (Å²) in [6, 6.07) is 2.47. The second-order valence-electron chi connectivity index (χ2n) is 5.32. The molecule has 2 aromatic rings. The molecule has 19 heavy (non-hydrogen) atoms. The second-order valence-corrected chi connectivity index (χ2v) is 5.71. The molecule has 0 amide bonds. The molecule has 1 aliphatic rings. The van der Waals surface area contributed by atoms with Gasteiger partial charge in [0.2, 0.25) is 0 Å². The first-order valence-corrected chi connectivity index (χ1v) is 7.10. The molecular formula is C14H16F2N2S. The molecular weight excluding hydrogens is 266 g/mol. The van der Waals surface area contributed by atoms with Gasteiger partial charge < -0.3 is 9.55 Å². The number of halogens is 2. The Hall–Kier alpha value is -1.23. The topological polar surface area (TPSA) is 20.7 Å². The van der Waals surface area contributed by atoms with Gasteiger partial charge in [0.1, 0.15) is 11.3 Å². The molecule has 1 aromatic carbocycles. The minimum absolute atomic E-state index is 0.218. The largest absolute Gasteiger partial charge is 0.328 e. The van der Waals surface area contributed by atoms with Gasteiger partial charge in [0, 0.05) is 12.1 Å². The summed E-state index contributed by atoms with van der Waals surface area (Å²) in [7, 11) is 0. The summed E-state index contributed by atoms with van der Waals surface area (Å²) in [5, 5.41) is 0. The molecule has 1 aliphatic carbocycles. The van der Waals surface area contributed by atoms with E-state index in [4.69, 9.17) is 12.2 Å². The van der Waals surface area contributed by atoms with Crippen LogP contribution in [-0.2, 0) is 0 Å². The Morgan fingerprint density at radius 1 is 1.42 bits per heavy atom. The summed E-state index contributed by atoms with van der Waals surface area (Å²) < 4.78 is 29.5. The molecule has 1 heterocycles. The van der Waals surface area contributed by atoms with Gasteiger partial charge in [0.15, 0.2) is 10.6 Å². The highest BCUT2D eigenvalue weighted by Crippen LogP contribution is 2.39. The van der Waals surface area contributed by atoms with Crippen LogP contribution in [0.5, 0.6) is 0 Å². The fourth-order valence-corrected chi connectivity index (χ4v) is 3.06. The predicted molar refractivity (Wildman–Crippen MR) is 73.7 cm³/mol. The van der Waals surface area contributed by atoms with E-state index in [9.17, 15) is 8.78 Å². The Morgan fingerprint density at radius 3 is 2.79 bits per heavy atom. The van der Waals surface area contributed by atoms with Crippen molar-refractivity contribution in [1.29, 1.82) is 0 Å². The Bertz CT molecular complexity index is 670. The van der Waals surface area contributed by atoms with Crippen molar-refractivity contribution in [3.8, 4) is 0 Å². The van der Waals surface area contributed by atoms with Crippen LogP contribution in [0.15, 0.2) is 12.1 Å². The summed E-state index contributed by atoms with van der Waals surface area (Å²) in [5.41, 5.74) is 0.843. The van der Waals surface area contributed by atoms with E-state index in [-0.39, 0.29) is 6.04 Å². The Morgan fingerprint density at radius 2 is 2.16 bits per heavy atom. The van der Waals surface area contributed by atoms with Gasteiger partial charge in [-0.15, -0.1) is 0 Å². The van der Waals surface area contributed by atoms with Crippen LogP contribution in [0.1, 0.15) is 38.6 Å². The number of rotatable bonds is 4. The Kier molecular flexibility index (Phi) is 3.17. The fourth-order valence-electron chi connectivity index (χ4n) is 2.71. The average Bonchev–Trinajstić information content (AvgIpc) is 3.10. The van der Waals surface area contributed by atoms with Crippen molar-refractivity contribution in [3.05, 3.63) is 28.5 Å². The summed E-state index contributed by atoms with van der Waals surface area (Å²) in [4.78, 5) is 2.87. The van der Waals surface area contributed by atoms with Crippen LogP contribution in [0.3, 0.4) is 0 Å². The lowest BCUT2D eigenvalue weighted by Crippen LogP contribution is -2.09. The van der Waals surface area contributed by atoms with Crippen molar-refractivity contribution in [3.63, 3.8) is 0 Å². The van der Waals surface area contributed by atoms with Crippen molar-refractivity contribution < 1.29 is 8.78 Å². The Labute approximate surface area is 115 Å². The van der Waals surface area contributed by atoms with E-state index in [2.05, 4.69) is 11.9 Å². The molecule has 0 saturated heterocycles. The lowest BCUT2D eigenvalue weighted by molar-refractivity contribution is 0.433. The maximum Gasteiger partial charge on any atom is 0.178 e. The molecule has 1 fully saturated rings. The predicted octanol–water partition coefficient (Wildman–Crippen LogP) is 4.73. The first kappa shape index (κ1) is 12.8. The van der Waals surface area contributed by atoms with Crippen molar-refractivity contribution in [1.82, 2.24) is 9.55 Å². The lowest BCUT2D eigenvalue weighted by Gasteiger charge is -2.17. The maximum absolute atomic E-state index is 13.8. The molecule has 0 spiro atoms. The molecule has 0 radical (unpaired) electrons. The van der Waals surface area contributed by atoms with Gasteiger partial charge >= 0.3 is 0 Å². The van der Waals surface area contributed by atoms with E-state index < -0.39 is 11.6 Å². The summed E-state index contributed by atoms with van der Waals surface area (Å²) >= 11 is 5.29. The molecule has 0 bridgehead atoms. The standard InChI is InChI=1S/C14H16F2N2S/c1-2-10(5-8-3-4-8)18-12-7-9(15)6-11(16)13(12)17-14(18)19/h6-8,10H,2-5H2,1H3,(H,17,19). The van der Waals surface area contributed by atoms with Gasteiger partial charge in [-0.2, -0.15) is 0 Å². The van der Waals surface area contributed by atoms with Crippen LogP contribution < -0.4 is 0 Å². The maximum atomic E-state index is 13.8. The number of aromatic amines is 1.